The van der Waals surface area contributed by atoms with E-state index in [0.717, 1.165) is 18.6 Å². The first-order valence-corrected chi connectivity index (χ1v) is 7.28. The molecule has 2 unspecified atom stereocenters. The minimum atomic E-state index is -4.67. The summed E-state index contributed by atoms with van der Waals surface area (Å²) in [6.07, 6.45) is -3.79. The number of benzene rings is 1. The Bertz CT molecular complexity index is 454. The van der Waals surface area contributed by atoms with Gasteiger partial charge in [0.15, 0.2) is 0 Å². The van der Waals surface area contributed by atoms with Gasteiger partial charge in [0.2, 0.25) is 0 Å². The molecule has 5 heteroatoms. The van der Waals surface area contributed by atoms with E-state index in [2.05, 4.69) is 5.32 Å². The van der Waals surface area contributed by atoms with Crippen molar-refractivity contribution in [2.24, 2.45) is 11.8 Å². The smallest absolute Gasteiger partial charge is 0.310 e. The standard InChI is InChI=1S/C16H23F4N/c1-5-8-21-15(11(4)10(2)3)12-6-7-14(17)13(9-12)16(18,19)20/h6-7,9-11,15,21H,5,8H2,1-4H3. The zero-order chi connectivity index (χ0) is 16.2. The Balaban J connectivity index is 3.18. The second-order valence-electron chi connectivity index (χ2n) is 5.77. The Morgan fingerprint density at radius 3 is 2.24 bits per heavy atom. The summed E-state index contributed by atoms with van der Waals surface area (Å²) < 4.78 is 51.9. The van der Waals surface area contributed by atoms with Gasteiger partial charge in [-0.2, -0.15) is 13.2 Å². The van der Waals surface area contributed by atoms with Crippen LogP contribution in [0.2, 0.25) is 0 Å². The van der Waals surface area contributed by atoms with Crippen LogP contribution >= 0.6 is 0 Å². The third-order valence-corrected chi connectivity index (χ3v) is 3.85. The van der Waals surface area contributed by atoms with Crippen LogP contribution in [0.15, 0.2) is 18.2 Å². The minimum Gasteiger partial charge on any atom is -0.310 e. The maximum atomic E-state index is 13.4. The Morgan fingerprint density at radius 2 is 1.76 bits per heavy atom. The molecule has 0 aliphatic rings. The minimum absolute atomic E-state index is 0.142. The second kappa shape index (κ2) is 7.25. The average molecular weight is 305 g/mol. The number of rotatable bonds is 6. The van der Waals surface area contributed by atoms with Crippen LogP contribution in [0.1, 0.15) is 51.3 Å². The van der Waals surface area contributed by atoms with E-state index in [-0.39, 0.29) is 12.0 Å². The largest absolute Gasteiger partial charge is 0.419 e. The summed E-state index contributed by atoms with van der Waals surface area (Å²) in [5.41, 5.74) is -0.711. The molecular weight excluding hydrogens is 282 g/mol. The molecule has 1 aromatic rings. The van der Waals surface area contributed by atoms with Gasteiger partial charge >= 0.3 is 6.18 Å². The fourth-order valence-corrected chi connectivity index (χ4v) is 2.25. The van der Waals surface area contributed by atoms with Gasteiger partial charge in [0, 0.05) is 6.04 Å². The van der Waals surface area contributed by atoms with E-state index in [1.54, 1.807) is 0 Å². The molecule has 1 N–H and O–H groups in total. The molecule has 0 saturated heterocycles. The molecule has 0 radical (unpaired) electrons. The van der Waals surface area contributed by atoms with Gasteiger partial charge in [0.25, 0.3) is 0 Å². The first kappa shape index (κ1) is 18.0. The highest BCUT2D eigenvalue weighted by atomic mass is 19.4. The molecule has 21 heavy (non-hydrogen) atoms. The van der Waals surface area contributed by atoms with E-state index in [9.17, 15) is 17.6 Å². The first-order valence-electron chi connectivity index (χ1n) is 7.28. The molecule has 1 rings (SSSR count). The van der Waals surface area contributed by atoms with Crippen LogP contribution in [0.4, 0.5) is 17.6 Å². The van der Waals surface area contributed by atoms with Gasteiger partial charge in [-0.1, -0.05) is 33.8 Å². The lowest BCUT2D eigenvalue weighted by molar-refractivity contribution is -0.140. The summed E-state index contributed by atoms with van der Waals surface area (Å²) in [4.78, 5) is 0. The van der Waals surface area contributed by atoms with Crippen molar-refractivity contribution in [1.29, 1.82) is 0 Å². The summed E-state index contributed by atoms with van der Waals surface area (Å²) in [5, 5.41) is 3.28. The Kier molecular flexibility index (Phi) is 6.20. The van der Waals surface area contributed by atoms with Gasteiger partial charge in [0.1, 0.15) is 5.82 Å². The summed E-state index contributed by atoms with van der Waals surface area (Å²) >= 11 is 0. The van der Waals surface area contributed by atoms with Crippen LogP contribution < -0.4 is 5.32 Å². The molecular formula is C16H23F4N. The van der Waals surface area contributed by atoms with E-state index < -0.39 is 17.6 Å². The number of nitrogens with one attached hydrogen (secondary N) is 1. The maximum Gasteiger partial charge on any atom is 0.419 e. The lowest BCUT2D eigenvalue weighted by Crippen LogP contribution is -2.30. The highest BCUT2D eigenvalue weighted by Crippen LogP contribution is 2.35. The number of hydrogen-bond acceptors (Lipinski definition) is 1. The second-order valence-corrected chi connectivity index (χ2v) is 5.77. The molecule has 1 nitrogen and oxygen atoms in total. The quantitative estimate of drug-likeness (QED) is 0.714. The van der Waals surface area contributed by atoms with E-state index in [1.807, 2.05) is 27.7 Å². The topological polar surface area (TPSA) is 12.0 Å². The van der Waals surface area contributed by atoms with Crippen LogP contribution in [0.3, 0.4) is 0 Å². The van der Waals surface area contributed by atoms with E-state index >= 15 is 0 Å². The lowest BCUT2D eigenvalue weighted by atomic mass is 9.85. The van der Waals surface area contributed by atoms with Crippen molar-refractivity contribution < 1.29 is 17.6 Å². The first-order chi connectivity index (χ1) is 9.68. The van der Waals surface area contributed by atoms with Crippen molar-refractivity contribution in [3.8, 4) is 0 Å². The van der Waals surface area contributed by atoms with Gasteiger partial charge in [0.05, 0.1) is 5.56 Å². The Hall–Kier alpha value is -1.10. The van der Waals surface area contributed by atoms with Crippen molar-refractivity contribution in [2.45, 2.75) is 46.3 Å². The van der Waals surface area contributed by atoms with E-state index in [1.165, 1.54) is 6.07 Å². The monoisotopic (exact) mass is 305 g/mol. The van der Waals surface area contributed by atoms with Gasteiger partial charge in [-0.15, -0.1) is 0 Å². The summed E-state index contributed by atoms with van der Waals surface area (Å²) in [7, 11) is 0. The van der Waals surface area contributed by atoms with Crippen LogP contribution in [-0.2, 0) is 6.18 Å². The Labute approximate surface area is 123 Å². The van der Waals surface area contributed by atoms with Gasteiger partial charge in [-0.3, -0.25) is 0 Å². The molecule has 0 aliphatic carbocycles. The van der Waals surface area contributed by atoms with Crippen molar-refractivity contribution in [3.63, 3.8) is 0 Å². The highest BCUT2D eigenvalue weighted by molar-refractivity contribution is 5.30. The molecule has 0 spiro atoms. The molecule has 0 heterocycles. The molecule has 0 bridgehead atoms. The molecule has 0 saturated carbocycles. The Morgan fingerprint density at radius 1 is 1.14 bits per heavy atom. The van der Waals surface area contributed by atoms with Gasteiger partial charge < -0.3 is 5.32 Å². The molecule has 0 amide bonds. The van der Waals surface area contributed by atoms with Crippen molar-refractivity contribution in [3.05, 3.63) is 35.1 Å². The van der Waals surface area contributed by atoms with Crippen LogP contribution in [0, 0.1) is 17.7 Å². The molecule has 120 valence electrons. The average Bonchev–Trinajstić information content (AvgIpc) is 2.39. The van der Waals surface area contributed by atoms with Crippen LogP contribution in [0.5, 0.6) is 0 Å². The molecule has 1 aromatic carbocycles. The summed E-state index contributed by atoms with van der Waals surface area (Å²) in [6.45, 7) is 8.75. The molecule has 0 aliphatic heterocycles. The maximum absolute atomic E-state index is 13.4. The number of alkyl halides is 3. The highest BCUT2D eigenvalue weighted by Gasteiger charge is 2.35. The predicted molar refractivity (Wildman–Crippen MR) is 76.4 cm³/mol. The van der Waals surface area contributed by atoms with E-state index in [4.69, 9.17) is 0 Å². The SMILES string of the molecule is CCCNC(c1ccc(F)c(C(F)(F)F)c1)C(C)C(C)C. The van der Waals surface area contributed by atoms with Crippen molar-refractivity contribution in [1.82, 2.24) is 5.32 Å². The molecule has 2 atom stereocenters. The fourth-order valence-electron chi connectivity index (χ4n) is 2.25. The summed E-state index contributed by atoms with van der Waals surface area (Å²) in [5.74, 6) is -0.778. The number of hydrogen-bond donors (Lipinski definition) is 1. The van der Waals surface area contributed by atoms with Crippen molar-refractivity contribution in [2.75, 3.05) is 6.54 Å². The third kappa shape index (κ3) is 4.70. The van der Waals surface area contributed by atoms with Crippen LogP contribution in [-0.4, -0.2) is 6.54 Å². The predicted octanol–water partition coefficient (Wildman–Crippen LogP) is 5.18. The lowest BCUT2D eigenvalue weighted by Gasteiger charge is -2.29. The van der Waals surface area contributed by atoms with Crippen LogP contribution in [0.25, 0.3) is 0 Å². The fraction of sp³-hybridized carbons (Fsp3) is 0.625. The number of halogens is 4. The third-order valence-electron chi connectivity index (χ3n) is 3.85. The normalized spacial score (nSPS) is 15.3. The van der Waals surface area contributed by atoms with Crippen molar-refractivity contribution >= 4 is 0 Å². The van der Waals surface area contributed by atoms with Gasteiger partial charge in [-0.25, -0.2) is 4.39 Å². The van der Waals surface area contributed by atoms with Gasteiger partial charge in [-0.05, 0) is 42.5 Å². The molecule has 0 fully saturated rings. The zero-order valence-electron chi connectivity index (χ0n) is 12.9. The van der Waals surface area contributed by atoms with E-state index in [0.29, 0.717) is 18.0 Å². The molecule has 0 aromatic heterocycles. The summed E-state index contributed by atoms with van der Waals surface area (Å²) in [6, 6.07) is 3.07. The zero-order valence-corrected chi connectivity index (χ0v) is 12.9.